The number of nitrogens with zero attached hydrogens (tertiary/aromatic N) is 3. The Kier molecular flexibility index (Phi) is 10.2. The monoisotopic (exact) mass is 821 g/mol. The maximum atomic E-state index is 6.23. The van der Waals surface area contributed by atoms with Crippen molar-refractivity contribution in [3.63, 3.8) is 0 Å². The number of benzene rings is 10. The molecule has 1 aromatic heterocycles. The van der Waals surface area contributed by atoms with Crippen molar-refractivity contribution in [3.8, 4) is 22.3 Å². The van der Waals surface area contributed by atoms with Gasteiger partial charge in [0.2, 0.25) is 0 Å². The highest BCUT2D eigenvalue weighted by Crippen LogP contribution is 2.45. The van der Waals surface area contributed by atoms with Gasteiger partial charge in [0.25, 0.3) is 0 Å². The highest BCUT2D eigenvalue weighted by atomic mass is 16.3. The molecule has 0 atom stereocenters. The van der Waals surface area contributed by atoms with E-state index in [1.807, 2.05) is 12.1 Å². The lowest BCUT2D eigenvalue weighted by Gasteiger charge is -2.30. The highest BCUT2D eigenvalue weighted by molar-refractivity contribution is 6.06. The summed E-state index contributed by atoms with van der Waals surface area (Å²) in [6, 6.07) is 92.5. The molecule has 64 heavy (non-hydrogen) atoms. The van der Waals surface area contributed by atoms with Crippen LogP contribution in [0.25, 0.3) is 44.2 Å². The fourth-order valence-corrected chi connectivity index (χ4v) is 8.78. The van der Waals surface area contributed by atoms with Crippen molar-refractivity contribution in [2.45, 2.75) is 0 Å². The predicted octanol–water partition coefficient (Wildman–Crippen LogP) is 17.3. The molecule has 0 saturated carbocycles. The van der Waals surface area contributed by atoms with E-state index in [4.69, 9.17) is 4.42 Å². The molecule has 11 rings (SSSR count). The minimum Gasteiger partial charge on any atom is -0.456 e. The Bertz CT molecular complexity index is 3280. The smallest absolute Gasteiger partial charge is 0.135 e. The molecule has 0 amide bonds. The Hall–Kier alpha value is -8.60. The third kappa shape index (κ3) is 7.55. The number of furan rings is 1. The van der Waals surface area contributed by atoms with E-state index in [1.54, 1.807) is 0 Å². The first-order valence-corrected chi connectivity index (χ1v) is 21.7. The molecule has 0 aliphatic rings. The van der Waals surface area contributed by atoms with Crippen molar-refractivity contribution in [3.05, 3.63) is 261 Å². The van der Waals surface area contributed by atoms with Crippen molar-refractivity contribution in [1.82, 2.24) is 0 Å². The largest absolute Gasteiger partial charge is 0.456 e. The van der Waals surface area contributed by atoms with Crippen LogP contribution in [0, 0.1) is 0 Å². The first-order valence-electron chi connectivity index (χ1n) is 21.7. The van der Waals surface area contributed by atoms with E-state index in [0.717, 1.165) is 89.8 Å². The molecule has 0 unspecified atom stereocenters. The van der Waals surface area contributed by atoms with E-state index in [1.165, 1.54) is 5.56 Å². The van der Waals surface area contributed by atoms with Gasteiger partial charge >= 0.3 is 0 Å². The van der Waals surface area contributed by atoms with Crippen LogP contribution in [0.2, 0.25) is 0 Å². The first kappa shape index (κ1) is 38.3. The Morgan fingerprint density at radius 2 is 0.578 bits per heavy atom. The van der Waals surface area contributed by atoms with Crippen LogP contribution in [0.1, 0.15) is 0 Å². The zero-order chi connectivity index (χ0) is 42.7. The highest BCUT2D eigenvalue weighted by Gasteiger charge is 2.21. The van der Waals surface area contributed by atoms with Crippen molar-refractivity contribution < 1.29 is 4.42 Å². The molecule has 304 valence electrons. The number of hydrogen-bond acceptors (Lipinski definition) is 4. The van der Waals surface area contributed by atoms with Crippen LogP contribution in [-0.4, -0.2) is 0 Å². The second kappa shape index (κ2) is 17.0. The maximum Gasteiger partial charge on any atom is 0.135 e. The van der Waals surface area contributed by atoms with Crippen LogP contribution in [0.5, 0.6) is 0 Å². The summed E-state index contributed by atoms with van der Waals surface area (Å²) < 4.78 is 6.23. The van der Waals surface area contributed by atoms with Crippen LogP contribution in [0.3, 0.4) is 0 Å². The summed E-state index contributed by atoms with van der Waals surface area (Å²) in [5, 5.41) is 2.20. The molecule has 11 aromatic rings. The summed E-state index contributed by atoms with van der Waals surface area (Å²) in [7, 11) is 0. The average Bonchev–Trinajstić information content (AvgIpc) is 3.74. The van der Waals surface area contributed by atoms with Gasteiger partial charge in [0.05, 0.1) is 0 Å². The number of rotatable bonds is 11. The molecular weight excluding hydrogens is 779 g/mol. The molecular formula is C60H43N3O. The van der Waals surface area contributed by atoms with E-state index in [9.17, 15) is 0 Å². The lowest BCUT2D eigenvalue weighted by Crippen LogP contribution is -2.13. The predicted molar refractivity (Wildman–Crippen MR) is 269 cm³/mol. The molecule has 4 nitrogen and oxygen atoms in total. The number of hydrogen-bond donors (Lipinski definition) is 0. The van der Waals surface area contributed by atoms with Crippen LogP contribution in [0.4, 0.5) is 51.2 Å². The van der Waals surface area contributed by atoms with Gasteiger partial charge in [0, 0.05) is 62.0 Å². The molecule has 0 radical (unpaired) electrons. The number of fused-ring (bicyclic) bond motifs is 3. The van der Waals surface area contributed by atoms with E-state index in [-0.39, 0.29) is 0 Å². The Balaban J connectivity index is 1.08. The molecule has 0 bridgehead atoms. The van der Waals surface area contributed by atoms with Crippen molar-refractivity contribution in [1.29, 1.82) is 0 Å². The fourth-order valence-electron chi connectivity index (χ4n) is 8.78. The van der Waals surface area contributed by atoms with E-state index < -0.39 is 0 Å². The zero-order valence-corrected chi connectivity index (χ0v) is 35.1. The lowest BCUT2D eigenvalue weighted by molar-refractivity contribution is 0.669. The van der Waals surface area contributed by atoms with Gasteiger partial charge in [-0.15, -0.1) is 0 Å². The van der Waals surface area contributed by atoms with Gasteiger partial charge in [-0.1, -0.05) is 146 Å². The van der Waals surface area contributed by atoms with Gasteiger partial charge in [-0.3, -0.25) is 0 Å². The van der Waals surface area contributed by atoms with Crippen molar-refractivity contribution in [2.24, 2.45) is 0 Å². The van der Waals surface area contributed by atoms with Crippen LogP contribution >= 0.6 is 0 Å². The summed E-state index contributed by atoms with van der Waals surface area (Å²) in [6.45, 7) is 0. The molecule has 4 heteroatoms. The summed E-state index contributed by atoms with van der Waals surface area (Å²) >= 11 is 0. The standard InChI is InChI=1S/C60H43N3O/c1-6-19-44(20-7-1)46-21-18-30-53(39-46)63(51-28-14-5-15-29-51)56-41-47(40-55(42-56)62(49-24-10-3-11-25-49)50-26-12-4-13-27-50)45-33-35-52(36-34-45)61(48-22-8-2-9-23-48)54-37-38-60-58(43-54)57-31-16-17-32-59(57)64-60/h1-43H. The average molecular weight is 822 g/mol. The van der Waals surface area contributed by atoms with Gasteiger partial charge in [0.1, 0.15) is 11.2 Å². The lowest BCUT2D eigenvalue weighted by atomic mass is 10.0. The topological polar surface area (TPSA) is 22.9 Å². The van der Waals surface area contributed by atoms with Crippen LogP contribution in [0.15, 0.2) is 265 Å². The third-order valence-corrected chi connectivity index (χ3v) is 11.8. The Morgan fingerprint density at radius 3 is 1.16 bits per heavy atom. The summed E-state index contributed by atoms with van der Waals surface area (Å²) in [4.78, 5) is 7.03. The normalized spacial score (nSPS) is 11.1. The van der Waals surface area contributed by atoms with E-state index in [2.05, 4.69) is 263 Å². The van der Waals surface area contributed by atoms with Gasteiger partial charge in [-0.2, -0.15) is 0 Å². The summed E-state index contributed by atoms with van der Waals surface area (Å²) in [5.41, 5.74) is 15.8. The molecule has 1 heterocycles. The number of para-hydroxylation sites is 5. The fraction of sp³-hybridized carbons (Fsp3) is 0. The third-order valence-electron chi connectivity index (χ3n) is 11.8. The molecule has 0 N–H and O–H groups in total. The Morgan fingerprint density at radius 1 is 0.203 bits per heavy atom. The van der Waals surface area contributed by atoms with Crippen molar-refractivity contribution >= 4 is 73.1 Å². The van der Waals surface area contributed by atoms with Crippen LogP contribution < -0.4 is 14.7 Å². The second-order valence-corrected chi connectivity index (χ2v) is 15.8. The minimum absolute atomic E-state index is 0.875. The zero-order valence-electron chi connectivity index (χ0n) is 35.1. The van der Waals surface area contributed by atoms with Gasteiger partial charge in [0.15, 0.2) is 0 Å². The van der Waals surface area contributed by atoms with E-state index in [0.29, 0.717) is 0 Å². The first-order chi connectivity index (χ1) is 31.7. The van der Waals surface area contributed by atoms with E-state index >= 15 is 0 Å². The minimum atomic E-state index is 0.875. The molecule has 0 spiro atoms. The molecule has 10 aromatic carbocycles. The SMILES string of the molecule is c1ccc(-c2cccc(N(c3ccccc3)c3cc(-c4ccc(N(c5ccccc5)c5ccc6oc7ccccc7c6c5)cc4)cc(N(c4ccccc4)c4ccccc4)c3)c2)cc1. The summed E-state index contributed by atoms with van der Waals surface area (Å²) in [6.07, 6.45) is 0. The number of anilines is 9. The molecule has 0 aliphatic heterocycles. The summed E-state index contributed by atoms with van der Waals surface area (Å²) in [5.74, 6) is 0. The Labute approximate surface area is 373 Å². The van der Waals surface area contributed by atoms with Gasteiger partial charge < -0.3 is 19.1 Å². The molecule has 0 aliphatic carbocycles. The second-order valence-electron chi connectivity index (χ2n) is 15.8. The molecule has 0 fully saturated rings. The van der Waals surface area contributed by atoms with Gasteiger partial charge in [-0.25, -0.2) is 0 Å². The maximum absolute atomic E-state index is 6.23. The van der Waals surface area contributed by atoms with Gasteiger partial charge in [-0.05, 0) is 138 Å². The quantitative estimate of drug-likeness (QED) is 0.130. The molecule has 0 saturated heterocycles. The van der Waals surface area contributed by atoms with Crippen LogP contribution in [-0.2, 0) is 0 Å². The van der Waals surface area contributed by atoms with Crippen molar-refractivity contribution in [2.75, 3.05) is 14.7 Å².